The van der Waals surface area contributed by atoms with Crippen molar-refractivity contribution in [1.29, 1.82) is 0 Å². The summed E-state index contributed by atoms with van der Waals surface area (Å²) in [6.07, 6.45) is -3.26. The molecule has 1 aromatic rings. The van der Waals surface area contributed by atoms with Crippen LogP contribution < -0.4 is 10.1 Å². The first-order valence-corrected chi connectivity index (χ1v) is 8.01. The number of hydrogen-bond acceptors (Lipinski definition) is 4. The number of carboxylic acids is 1. The van der Waals surface area contributed by atoms with Gasteiger partial charge in [-0.15, -0.1) is 0 Å². The number of rotatable bonds is 5. The minimum atomic E-state index is -4.67. The second-order valence-corrected chi connectivity index (χ2v) is 6.33. The second-order valence-electron chi connectivity index (χ2n) is 6.33. The molecule has 0 unspecified atom stereocenters. The lowest BCUT2D eigenvalue weighted by Crippen LogP contribution is -2.39. The van der Waals surface area contributed by atoms with Gasteiger partial charge in [0, 0.05) is 31.9 Å². The van der Waals surface area contributed by atoms with Crippen molar-refractivity contribution in [3.63, 3.8) is 0 Å². The minimum Gasteiger partial charge on any atom is -0.481 e. The van der Waals surface area contributed by atoms with Crippen LogP contribution in [0.2, 0.25) is 0 Å². The maximum Gasteiger partial charge on any atom is 0.394 e. The lowest BCUT2D eigenvalue weighted by molar-refractivity contribution is -0.187. The van der Waals surface area contributed by atoms with Crippen LogP contribution >= 0.6 is 0 Å². The van der Waals surface area contributed by atoms with E-state index in [1.807, 2.05) is 13.8 Å². The number of carbonyl (C=O) groups excluding carboxylic acids is 1. The number of carboxylic acid groups (broad SMARTS) is 1. The van der Waals surface area contributed by atoms with Crippen molar-refractivity contribution in [2.45, 2.75) is 32.7 Å². The maximum absolute atomic E-state index is 13.0. The molecule has 2 rings (SSSR count). The molecule has 0 spiro atoms. The number of aliphatic carboxylic acids is 1. The lowest BCUT2D eigenvalue weighted by Gasteiger charge is -2.19. The largest absolute Gasteiger partial charge is 0.481 e. The van der Waals surface area contributed by atoms with E-state index in [1.165, 1.54) is 6.20 Å². The summed E-state index contributed by atoms with van der Waals surface area (Å²) in [7, 11) is 0. The van der Waals surface area contributed by atoms with Gasteiger partial charge in [0.25, 0.3) is 0 Å². The summed E-state index contributed by atoms with van der Waals surface area (Å²) in [6, 6.07) is 2.50. The average Bonchev–Trinajstić information content (AvgIpc) is 2.98. The summed E-state index contributed by atoms with van der Waals surface area (Å²) in [4.78, 5) is 28.1. The Morgan fingerprint density at radius 3 is 2.65 bits per heavy atom. The van der Waals surface area contributed by atoms with Gasteiger partial charge in [0.05, 0.1) is 17.9 Å². The van der Waals surface area contributed by atoms with Crippen LogP contribution in [0.3, 0.4) is 0 Å². The Balaban J connectivity index is 1.97. The van der Waals surface area contributed by atoms with Crippen LogP contribution in [-0.4, -0.2) is 52.4 Å². The fourth-order valence-electron chi connectivity index (χ4n) is 2.71. The third-order valence-corrected chi connectivity index (χ3v) is 3.94. The highest BCUT2D eigenvalue weighted by Gasteiger charge is 2.53. The second kappa shape index (κ2) is 7.79. The first-order valence-electron chi connectivity index (χ1n) is 8.01. The Hall–Kier alpha value is -2.52. The van der Waals surface area contributed by atoms with Crippen molar-refractivity contribution in [2.75, 3.05) is 13.1 Å². The SMILES string of the molecule is CC(C)Oc1cc(CNC(=O)N2C[C@@H](C(F)(F)F)[C@H](C(=O)O)C2)ccn1. The molecule has 0 radical (unpaired) electrons. The van der Waals surface area contributed by atoms with Crippen molar-refractivity contribution in [2.24, 2.45) is 11.8 Å². The molecule has 1 saturated heterocycles. The molecule has 2 N–H and O–H groups in total. The summed E-state index contributed by atoms with van der Waals surface area (Å²) in [5, 5.41) is 11.5. The molecule has 1 aliphatic heterocycles. The number of likely N-dealkylation sites (tertiary alicyclic amines) is 1. The zero-order valence-electron chi connectivity index (χ0n) is 14.3. The van der Waals surface area contributed by atoms with Crippen LogP contribution in [-0.2, 0) is 11.3 Å². The van der Waals surface area contributed by atoms with E-state index in [4.69, 9.17) is 9.84 Å². The Morgan fingerprint density at radius 2 is 2.12 bits per heavy atom. The van der Waals surface area contributed by atoms with Gasteiger partial charge in [0.1, 0.15) is 0 Å². The molecule has 0 aliphatic carbocycles. The molecule has 10 heteroatoms. The number of carbonyl (C=O) groups is 2. The highest BCUT2D eigenvalue weighted by molar-refractivity contribution is 5.77. The molecule has 1 aliphatic rings. The fourth-order valence-corrected chi connectivity index (χ4v) is 2.71. The molecular weight excluding hydrogens is 355 g/mol. The fraction of sp³-hybridized carbons (Fsp3) is 0.562. The van der Waals surface area contributed by atoms with E-state index < -0.39 is 43.1 Å². The number of hydrogen-bond donors (Lipinski definition) is 2. The standard InChI is InChI=1S/C16H20F3N3O4/c1-9(2)26-13-5-10(3-4-20-13)6-21-15(25)22-7-11(14(23)24)12(8-22)16(17,18)19/h3-5,9,11-12H,6-8H2,1-2H3,(H,21,25)(H,23,24)/t11-,12-/m1/s1. The molecule has 0 saturated carbocycles. The monoisotopic (exact) mass is 375 g/mol. The quantitative estimate of drug-likeness (QED) is 0.824. The highest BCUT2D eigenvalue weighted by atomic mass is 19.4. The average molecular weight is 375 g/mol. The van der Waals surface area contributed by atoms with Crippen molar-refractivity contribution < 1.29 is 32.6 Å². The first-order chi connectivity index (χ1) is 12.1. The van der Waals surface area contributed by atoms with Gasteiger partial charge in [0.15, 0.2) is 0 Å². The normalized spacial score (nSPS) is 20.3. The number of nitrogens with one attached hydrogen (secondary N) is 1. The molecular formula is C16H20F3N3O4. The van der Waals surface area contributed by atoms with Gasteiger partial charge < -0.3 is 20.1 Å². The Labute approximate surface area is 148 Å². The van der Waals surface area contributed by atoms with Crippen LogP contribution in [0.25, 0.3) is 0 Å². The first kappa shape index (κ1) is 19.8. The zero-order chi connectivity index (χ0) is 19.5. The van der Waals surface area contributed by atoms with Gasteiger partial charge in [-0.05, 0) is 25.5 Å². The lowest BCUT2D eigenvalue weighted by atomic mass is 9.96. The van der Waals surface area contributed by atoms with Crippen LogP contribution in [0.4, 0.5) is 18.0 Å². The van der Waals surface area contributed by atoms with Gasteiger partial charge in [0.2, 0.25) is 5.88 Å². The predicted molar refractivity (Wildman–Crippen MR) is 84.5 cm³/mol. The predicted octanol–water partition coefficient (Wildman–Crippen LogP) is 2.27. The smallest absolute Gasteiger partial charge is 0.394 e. The summed E-state index contributed by atoms with van der Waals surface area (Å²) in [5.41, 5.74) is 0.658. The molecule has 7 nitrogen and oxygen atoms in total. The maximum atomic E-state index is 13.0. The number of nitrogens with zero attached hydrogens (tertiary/aromatic N) is 2. The number of alkyl halides is 3. The Kier molecular flexibility index (Phi) is 5.94. The number of amides is 2. The minimum absolute atomic E-state index is 0.0563. The van der Waals surface area contributed by atoms with Crippen molar-refractivity contribution in [1.82, 2.24) is 15.2 Å². The van der Waals surface area contributed by atoms with Crippen LogP contribution in [0.15, 0.2) is 18.3 Å². The molecule has 0 aromatic carbocycles. The highest BCUT2D eigenvalue weighted by Crippen LogP contribution is 2.37. The molecule has 26 heavy (non-hydrogen) atoms. The number of urea groups is 1. The van der Waals surface area contributed by atoms with E-state index in [0.717, 1.165) is 4.90 Å². The molecule has 1 fully saturated rings. The van der Waals surface area contributed by atoms with Crippen molar-refractivity contribution in [3.8, 4) is 5.88 Å². The van der Waals surface area contributed by atoms with E-state index >= 15 is 0 Å². The van der Waals surface area contributed by atoms with Crippen LogP contribution in [0.5, 0.6) is 5.88 Å². The van der Waals surface area contributed by atoms with E-state index in [0.29, 0.717) is 11.4 Å². The van der Waals surface area contributed by atoms with Gasteiger partial charge in [-0.2, -0.15) is 13.2 Å². The Morgan fingerprint density at radius 1 is 1.42 bits per heavy atom. The van der Waals surface area contributed by atoms with E-state index in [9.17, 15) is 22.8 Å². The number of ether oxygens (including phenoxy) is 1. The summed E-state index contributed by atoms with van der Waals surface area (Å²) >= 11 is 0. The van der Waals surface area contributed by atoms with Gasteiger partial charge >= 0.3 is 18.2 Å². The molecule has 1 aromatic heterocycles. The molecule has 2 atom stereocenters. The molecule has 2 amide bonds. The van der Waals surface area contributed by atoms with E-state index in [-0.39, 0.29) is 12.6 Å². The Bertz CT molecular complexity index is 666. The third-order valence-electron chi connectivity index (χ3n) is 3.94. The zero-order valence-corrected chi connectivity index (χ0v) is 14.3. The third kappa shape index (κ3) is 4.99. The van der Waals surface area contributed by atoms with E-state index in [1.54, 1.807) is 12.1 Å². The van der Waals surface area contributed by atoms with Crippen molar-refractivity contribution in [3.05, 3.63) is 23.9 Å². The summed E-state index contributed by atoms with van der Waals surface area (Å²) in [6.45, 7) is 2.56. The van der Waals surface area contributed by atoms with E-state index in [2.05, 4.69) is 10.3 Å². The molecule has 144 valence electrons. The number of aromatic nitrogens is 1. The van der Waals surface area contributed by atoms with Crippen LogP contribution in [0.1, 0.15) is 19.4 Å². The van der Waals surface area contributed by atoms with Gasteiger partial charge in [-0.25, -0.2) is 9.78 Å². The molecule has 2 heterocycles. The summed E-state index contributed by atoms with van der Waals surface area (Å²) in [5.74, 6) is -4.92. The molecule has 0 bridgehead atoms. The topological polar surface area (TPSA) is 91.8 Å². The summed E-state index contributed by atoms with van der Waals surface area (Å²) < 4.78 is 44.3. The number of halogens is 3. The number of pyridine rings is 1. The van der Waals surface area contributed by atoms with Gasteiger partial charge in [-0.1, -0.05) is 0 Å². The van der Waals surface area contributed by atoms with Crippen LogP contribution in [0, 0.1) is 11.8 Å². The van der Waals surface area contributed by atoms with Gasteiger partial charge in [-0.3, -0.25) is 4.79 Å². The van der Waals surface area contributed by atoms with Crippen molar-refractivity contribution >= 4 is 12.0 Å².